The summed E-state index contributed by atoms with van der Waals surface area (Å²) in [4.78, 5) is 2.44. The third-order valence-electron chi connectivity index (χ3n) is 11.2. The zero-order chi connectivity index (χ0) is 37.7. The Morgan fingerprint density at radius 2 is 0.947 bits per heavy atom. The Hall–Kier alpha value is -7.20. The van der Waals surface area contributed by atoms with Gasteiger partial charge >= 0.3 is 0 Å². The molecular weight excluding hydrogens is 709 g/mol. The van der Waals surface area contributed by atoms with Crippen LogP contribution in [0.1, 0.15) is 0 Å². The second kappa shape index (κ2) is 13.8. The molecule has 11 aromatic rings. The van der Waals surface area contributed by atoms with E-state index in [9.17, 15) is 0 Å². The van der Waals surface area contributed by atoms with E-state index in [-0.39, 0.29) is 0 Å². The zero-order valence-corrected chi connectivity index (χ0v) is 31.9. The minimum atomic E-state index is 1.09. The fraction of sp³-hybridized carbons (Fsp3) is 0. The fourth-order valence-corrected chi connectivity index (χ4v) is 9.77. The molecule has 2 nitrogen and oxygen atoms in total. The maximum absolute atomic E-state index is 2.44. The van der Waals surface area contributed by atoms with E-state index in [2.05, 4.69) is 228 Å². The quantitative estimate of drug-likeness (QED) is 0.158. The van der Waals surface area contributed by atoms with E-state index < -0.39 is 0 Å². The first-order valence-electron chi connectivity index (χ1n) is 19.4. The molecule has 0 N–H and O–H groups in total. The van der Waals surface area contributed by atoms with Gasteiger partial charge in [-0.25, -0.2) is 0 Å². The second-order valence-electron chi connectivity index (χ2n) is 14.5. The van der Waals surface area contributed by atoms with Gasteiger partial charge in [0.2, 0.25) is 0 Å². The summed E-state index contributed by atoms with van der Waals surface area (Å²) in [7, 11) is 0. The highest BCUT2D eigenvalue weighted by atomic mass is 32.1. The summed E-state index contributed by atoms with van der Waals surface area (Å²) >= 11 is 1.88. The van der Waals surface area contributed by atoms with Gasteiger partial charge in [-0.05, 0) is 88.5 Å². The van der Waals surface area contributed by atoms with Crippen LogP contribution in [-0.4, -0.2) is 4.57 Å². The van der Waals surface area contributed by atoms with Gasteiger partial charge in [-0.15, -0.1) is 11.3 Å². The summed E-state index contributed by atoms with van der Waals surface area (Å²) in [6.45, 7) is 0. The zero-order valence-electron chi connectivity index (χ0n) is 31.1. The van der Waals surface area contributed by atoms with Gasteiger partial charge in [-0.1, -0.05) is 158 Å². The molecule has 0 aliphatic heterocycles. The number of aromatic nitrogens is 1. The lowest BCUT2D eigenvalue weighted by molar-refractivity contribution is 1.18. The molecule has 0 saturated heterocycles. The predicted molar refractivity (Wildman–Crippen MR) is 245 cm³/mol. The van der Waals surface area contributed by atoms with Crippen LogP contribution in [0.4, 0.5) is 17.1 Å². The van der Waals surface area contributed by atoms with Crippen LogP contribution in [0.15, 0.2) is 218 Å². The molecule has 0 saturated carbocycles. The third kappa shape index (κ3) is 5.71. The number of hydrogen-bond donors (Lipinski definition) is 0. The number of anilines is 3. The molecule has 0 bridgehead atoms. The molecule has 0 spiro atoms. The number of benzene rings is 9. The molecule has 2 aromatic heterocycles. The molecule has 2 heterocycles. The number of thiophene rings is 1. The van der Waals surface area contributed by atoms with E-state index in [4.69, 9.17) is 0 Å². The van der Waals surface area contributed by atoms with Crippen molar-refractivity contribution in [2.24, 2.45) is 0 Å². The number of rotatable bonds is 7. The Morgan fingerprint density at radius 1 is 0.351 bits per heavy atom. The van der Waals surface area contributed by atoms with Gasteiger partial charge in [-0.3, -0.25) is 0 Å². The standard InChI is InChI=1S/C54H36N2S/c1-4-15-37(16-5-1)38-27-30-42(31-28-38)55(43-32-33-46-45-21-10-12-25-50(45)56(52(46)36-43)41-19-8-3-9-20-41)51-34-29-40(35-49(51)39-17-6-2-7-18-39)44-23-14-24-48-47-22-11-13-26-53(47)57-54(44)48/h1-36H. The Morgan fingerprint density at radius 3 is 1.74 bits per heavy atom. The minimum absolute atomic E-state index is 1.09. The van der Waals surface area contributed by atoms with E-state index in [1.165, 1.54) is 75.4 Å². The molecule has 0 aliphatic carbocycles. The van der Waals surface area contributed by atoms with Crippen LogP contribution >= 0.6 is 11.3 Å². The van der Waals surface area contributed by atoms with Crippen LogP contribution in [0.3, 0.4) is 0 Å². The average molecular weight is 745 g/mol. The molecule has 0 radical (unpaired) electrons. The highest BCUT2D eigenvalue weighted by Gasteiger charge is 2.22. The first-order valence-corrected chi connectivity index (χ1v) is 20.2. The first-order chi connectivity index (χ1) is 28.3. The molecule has 11 rings (SSSR count). The predicted octanol–water partition coefficient (Wildman–Crippen LogP) is 15.6. The summed E-state index contributed by atoms with van der Waals surface area (Å²) in [6, 6.07) is 79.4. The van der Waals surface area contributed by atoms with Crippen molar-refractivity contribution >= 4 is 70.4 Å². The maximum atomic E-state index is 2.44. The monoisotopic (exact) mass is 744 g/mol. The van der Waals surface area contributed by atoms with Crippen molar-refractivity contribution in [1.29, 1.82) is 0 Å². The molecule has 9 aromatic carbocycles. The lowest BCUT2D eigenvalue weighted by atomic mass is 9.95. The summed E-state index contributed by atoms with van der Waals surface area (Å²) in [5.41, 5.74) is 14.0. The molecule has 0 fully saturated rings. The SMILES string of the molecule is c1ccc(-c2ccc(N(c3ccc4c5ccccc5n(-c5ccccc5)c4c3)c3ccc(-c4cccc5c4sc4ccccc45)cc3-c3ccccc3)cc2)cc1. The van der Waals surface area contributed by atoms with Crippen LogP contribution < -0.4 is 4.90 Å². The number of para-hydroxylation sites is 2. The molecular formula is C54H36N2S. The van der Waals surface area contributed by atoms with Gasteiger partial charge in [0.05, 0.1) is 16.7 Å². The number of nitrogens with zero attached hydrogens (tertiary/aromatic N) is 2. The third-order valence-corrected chi connectivity index (χ3v) is 12.4. The van der Waals surface area contributed by atoms with Crippen molar-refractivity contribution in [3.8, 4) is 39.1 Å². The van der Waals surface area contributed by atoms with Gasteiger partial charge < -0.3 is 9.47 Å². The maximum Gasteiger partial charge on any atom is 0.0561 e. The van der Waals surface area contributed by atoms with Gasteiger partial charge in [0.1, 0.15) is 0 Å². The normalized spacial score (nSPS) is 11.5. The summed E-state index contributed by atoms with van der Waals surface area (Å²) in [5.74, 6) is 0. The van der Waals surface area contributed by atoms with Crippen molar-refractivity contribution in [2.75, 3.05) is 4.90 Å². The number of fused-ring (bicyclic) bond motifs is 6. The van der Waals surface area contributed by atoms with Crippen molar-refractivity contribution in [3.63, 3.8) is 0 Å². The van der Waals surface area contributed by atoms with Crippen LogP contribution in [0.5, 0.6) is 0 Å². The van der Waals surface area contributed by atoms with Crippen LogP contribution in [0.2, 0.25) is 0 Å². The second-order valence-corrected chi connectivity index (χ2v) is 15.6. The molecule has 57 heavy (non-hydrogen) atoms. The lowest BCUT2D eigenvalue weighted by Crippen LogP contribution is -2.11. The highest BCUT2D eigenvalue weighted by Crippen LogP contribution is 2.46. The van der Waals surface area contributed by atoms with E-state index in [1.54, 1.807) is 0 Å². The Balaban J connectivity index is 1.16. The van der Waals surface area contributed by atoms with Crippen molar-refractivity contribution in [2.45, 2.75) is 0 Å². The largest absolute Gasteiger partial charge is 0.310 e. The Kier molecular flexibility index (Phi) is 8.04. The van der Waals surface area contributed by atoms with Gasteiger partial charge in [0.15, 0.2) is 0 Å². The van der Waals surface area contributed by atoms with Crippen LogP contribution in [-0.2, 0) is 0 Å². The highest BCUT2D eigenvalue weighted by molar-refractivity contribution is 7.26. The van der Waals surface area contributed by atoms with Crippen molar-refractivity contribution in [3.05, 3.63) is 218 Å². The van der Waals surface area contributed by atoms with Gasteiger partial charge in [0, 0.05) is 53.6 Å². The van der Waals surface area contributed by atoms with E-state index in [0.717, 1.165) is 22.7 Å². The van der Waals surface area contributed by atoms with Crippen molar-refractivity contribution < 1.29 is 0 Å². The average Bonchev–Trinajstić information content (AvgIpc) is 3.83. The van der Waals surface area contributed by atoms with E-state index >= 15 is 0 Å². The topological polar surface area (TPSA) is 8.17 Å². The van der Waals surface area contributed by atoms with Gasteiger partial charge in [0.25, 0.3) is 0 Å². The molecule has 0 aliphatic rings. The number of hydrogen-bond acceptors (Lipinski definition) is 2. The Bertz CT molecular complexity index is 3220. The Labute approximate surface area is 335 Å². The summed E-state index contributed by atoms with van der Waals surface area (Å²) in [6.07, 6.45) is 0. The smallest absolute Gasteiger partial charge is 0.0561 e. The lowest BCUT2D eigenvalue weighted by Gasteiger charge is -2.29. The van der Waals surface area contributed by atoms with E-state index in [1.807, 2.05) is 11.3 Å². The van der Waals surface area contributed by atoms with Crippen molar-refractivity contribution in [1.82, 2.24) is 4.57 Å². The van der Waals surface area contributed by atoms with Crippen LogP contribution in [0, 0.1) is 0 Å². The fourth-order valence-electron chi connectivity index (χ4n) is 8.54. The molecule has 3 heteroatoms. The summed E-state index contributed by atoms with van der Waals surface area (Å²) in [5, 5.41) is 5.09. The molecule has 268 valence electrons. The molecule has 0 atom stereocenters. The van der Waals surface area contributed by atoms with E-state index in [0.29, 0.717) is 0 Å². The van der Waals surface area contributed by atoms with Gasteiger partial charge in [-0.2, -0.15) is 0 Å². The van der Waals surface area contributed by atoms with Crippen LogP contribution in [0.25, 0.3) is 81.0 Å². The first kappa shape index (κ1) is 33.2. The molecule has 0 unspecified atom stereocenters. The minimum Gasteiger partial charge on any atom is -0.310 e. The molecule has 0 amide bonds. The summed E-state index contributed by atoms with van der Waals surface area (Å²) < 4.78 is 5.03.